The number of nitrogens with one attached hydrogen (secondary N) is 1. The van der Waals surface area contributed by atoms with E-state index in [1.807, 2.05) is 0 Å². The van der Waals surface area contributed by atoms with Crippen LogP contribution in [0.15, 0.2) is 28.8 Å². The lowest BCUT2D eigenvalue weighted by Crippen LogP contribution is -2.41. The Morgan fingerprint density at radius 3 is 2.46 bits per heavy atom. The van der Waals surface area contributed by atoms with Crippen LogP contribution in [-0.2, 0) is 27.1 Å². The number of benzene rings is 1. The maximum atomic E-state index is 12.5. The van der Waals surface area contributed by atoms with Gasteiger partial charge >= 0.3 is 24.1 Å². The van der Waals surface area contributed by atoms with Crippen molar-refractivity contribution in [3.63, 3.8) is 0 Å². The van der Waals surface area contributed by atoms with E-state index in [4.69, 9.17) is 9.57 Å². The summed E-state index contributed by atoms with van der Waals surface area (Å²) in [5, 5.41) is 6.60. The molecule has 9 nitrogen and oxygen atoms in total. The molecule has 2 aromatic rings. The fourth-order valence-electron chi connectivity index (χ4n) is 2.05. The molecule has 0 aliphatic rings. The van der Waals surface area contributed by atoms with E-state index >= 15 is 0 Å². The van der Waals surface area contributed by atoms with Gasteiger partial charge in [0.05, 0.1) is 20.3 Å². The average molecular weight is 402 g/mol. The Balaban J connectivity index is 1.99. The van der Waals surface area contributed by atoms with Crippen molar-refractivity contribution in [1.29, 1.82) is 0 Å². The second-order valence-electron chi connectivity index (χ2n) is 5.30. The van der Waals surface area contributed by atoms with Crippen molar-refractivity contribution in [3.8, 4) is 11.4 Å². The fourth-order valence-corrected chi connectivity index (χ4v) is 2.05. The summed E-state index contributed by atoms with van der Waals surface area (Å²) in [6.07, 6.45) is -4.72. The van der Waals surface area contributed by atoms with E-state index in [-0.39, 0.29) is 25.5 Å². The van der Waals surface area contributed by atoms with Crippen LogP contribution >= 0.6 is 0 Å². The summed E-state index contributed by atoms with van der Waals surface area (Å²) in [5.41, 5.74) is 0.912. The highest BCUT2D eigenvalue weighted by molar-refractivity contribution is 5.80. The van der Waals surface area contributed by atoms with Gasteiger partial charge in [-0.2, -0.15) is 23.2 Å². The van der Waals surface area contributed by atoms with Crippen LogP contribution < -0.4 is 5.32 Å². The smallest absolute Gasteiger partial charge is 0.465 e. The first-order chi connectivity index (χ1) is 13.2. The molecule has 2 amide bonds. The number of nitrogens with zero attached hydrogens (tertiary/aromatic N) is 3. The molecule has 0 fully saturated rings. The zero-order valence-electron chi connectivity index (χ0n) is 14.9. The molecule has 0 spiro atoms. The number of hydroxylamine groups is 2. The van der Waals surface area contributed by atoms with E-state index < -0.39 is 24.1 Å². The normalized spacial score (nSPS) is 11.2. The Morgan fingerprint density at radius 1 is 1.25 bits per heavy atom. The van der Waals surface area contributed by atoms with E-state index in [0.29, 0.717) is 11.1 Å². The number of urea groups is 1. The third-order valence-electron chi connectivity index (χ3n) is 3.34. The molecule has 0 aliphatic heterocycles. The molecule has 0 radical (unpaired) electrons. The minimum Gasteiger partial charge on any atom is -0.465 e. The zero-order valence-corrected chi connectivity index (χ0v) is 14.9. The first kappa shape index (κ1) is 21.2. The lowest BCUT2D eigenvalue weighted by molar-refractivity contribution is -0.159. The molecule has 0 bridgehead atoms. The van der Waals surface area contributed by atoms with Crippen molar-refractivity contribution >= 4 is 12.0 Å². The number of esters is 1. The van der Waals surface area contributed by atoms with Gasteiger partial charge in [-0.1, -0.05) is 29.4 Å². The average Bonchev–Trinajstić information content (AvgIpc) is 3.15. The lowest BCUT2D eigenvalue weighted by Gasteiger charge is -2.20. The van der Waals surface area contributed by atoms with Crippen LogP contribution in [0.1, 0.15) is 18.4 Å². The molecule has 1 aromatic heterocycles. The van der Waals surface area contributed by atoms with Crippen LogP contribution in [-0.4, -0.2) is 47.5 Å². The molecular weight excluding hydrogens is 385 g/mol. The van der Waals surface area contributed by atoms with Gasteiger partial charge in [0.25, 0.3) is 0 Å². The minimum absolute atomic E-state index is 0.0193. The Kier molecular flexibility index (Phi) is 6.93. The highest BCUT2D eigenvalue weighted by Crippen LogP contribution is 2.29. The molecule has 1 heterocycles. The topological polar surface area (TPSA) is 107 Å². The SMILES string of the molecule is CCOC(=O)CNC(=O)N(Cc1ccc(-c2noc(C(F)(F)F)n2)cc1)OC. The molecule has 12 heteroatoms. The molecule has 0 saturated carbocycles. The third-order valence-corrected chi connectivity index (χ3v) is 3.34. The van der Waals surface area contributed by atoms with Crippen LogP contribution in [0.25, 0.3) is 11.4 Å². The Bertz CT molecular complexity index is 807. The number of rotatable bonds is 7. The predicted molar refractivity (Wildman–Crippen MR) is 87.3 cm³/mol. The van der Waals surface area contributed by atoms with Crippen molar-refractivity contribution in [3.05, 3.63) is 35.7 Å². The Labute approximate surface area is 157 Å². The van der Waals surface area contributed by atoms with E-state index in [1.165, 1.54) is 19.2 Å². The number of ether oxygens (including phenoxy) is 1. The number of halogens is 3. The van der Waals surface area contributed by atoms with Gasteiger partial charge in [-0.25, -0.2) is 4.79 Å². The number of amides is 2. The zero-order chi connectivity index (χ0) is 20.7. The highest BCUT2D eigenvalue weighted by atomic mass is 19.4. The number of hydrogen-bond acceptors (Lipinski definition) is 7. The summed E-state index contributed by atoms with van der Waals surface area (Å²) in [6.45, 7) is 1.54. The van der Waals surface area contributed by atoms with Gasteiger partial charge in [-0.15, -0.1) is 0 Å². The minimum atomic E-state index is -4.72. The van der Waals surface area contributed by atoms with Gasteiger partial charge < -0.3 is 14.6 Å². The number of aromatic nitrogens is 2. The van der Waals surface area contributed by atoms with E-state index in [0.717, 1.165) is 5.06 Å². The number of hydrogen-bond donors (Lipinski definition) is 1. The van der Waals surface area contributed by atoms with Gasteiger partial charge in [0.1, 0.15) is 6.54 Å². The van der Waals surface area contributed by atoms with Crippen molar-refractivity contribution < 1.29 is 36.9 Å². The quantitative estimate of drug-likeness (QED) is 0.560. The van der Waals surface area contributed by atoms with E-state index in [9.17, 15) is 22.8 Å². The van der Waals surface area contributed by atoms with Crippen LogP contribution in [0.3, 0.4) is 0 Å². The van der Waals surface area contributed by atoms with E-state index in [1.54, 1.807) is 19.1 Å². The maximum Gasteiger partial charge on any atom is 0.471 e. The van der Waals surface area contributed by atoms with Gasteiger partial charge in [0, 0.05) is 5.56 Å². The molecule has 152 valence electrons. The molecular formula is C16H17F3N4O5. The van der Waals surface area contributed by atoms with Crippen LogP contribution in [0.4, 0.5) is 18.0 Å². The Hall–Kier alpha value is -3.15. The van der Waals surface area contributed by atoms with Crippen molar-refractivity contribution in [2.24, 2.45) is 0 Å². The maximum absolute atomic E-state index is 12.5. The third kappa shape index (κ3) is 5.67. The standard InChI is InChI=1S/C16H17F3N4O5/c1-3-27-12(24)8-20-15(25)23(26-2)9-10-4-6-11(7-5-10)13-21-14(28-22-13)16(17,18)19/h4-7H,3,8-9H2,1-2H3,(H,20,25). The summed E-state index contributed by atoms with van der Waals surface area (Å²) >= 11 is 0. The molecule has 0 saturated heterocycles. The fraction of sp³-hybridized carbons (Fsp3) is 0.375. The first-order valence-corrected chi connectivity index (χ1v) is 8.00. The predicted octanol–water partition coefficient (Wildman–Crippen LogP) is 2.39. The van der Waals surface area contributed by atoms with E-state index in [2.05, 4.69) is 20.0 Å². The number of carbonyl (C=O) groups is 2. The first-order valence-electron chi connectivity index (χ1n) is 8.00. The molecule has 28 heavy (non-hydrogen) atoms. The van der Waals surface area contributed by atoms with Gasteiger partial charge in [-0.3, -0.25) is 9.63 Å². The summed E-state index contributed by atoms with van der Waals surface area (Å²) in [6, 6.07) is 5.41. The van der Waals surface area contributed by atoms with Gasteiger partial charge in [-0.05, 0) is 12.5 Å². The molecule has 0 aliphatic carbocycles. The van der Waals surface area contributed by atoms with Crippen LogP contribution in [0.2, 0.25) is 0 Å². The summed E-state index contributed by atoms with van der Waals surface area (Å²) in [7, 11) is 1.27. The lowest BCUT2D eigenvalue weighted by atomic mass is 10.1. The summed E-state index contributed by atoms with van der Waals surface area (Å²) in [4.78, 5) is 31.5. The molecule has 0 atom stereocenters. The molecule has 2 rings (SSSR count). The van der Waals surface area contributed by atoms with Gasteiger partial charge in [0.15, 0.2) is 0 Å². The second kappa shape index (κ2) is 9.17. The van der Waals surface area contributed by atoms with Crippen molar-refractivity contribution in [2.45, 2.75) is 19.6 Å². The second-order valence-corrected chi connectivity index (χ2v) is 5.30. The molecule has 1 aromatic carbocycles. The number of alkyl halides is 3. The highest BCUT2D eigenvalue weighted by Gasteiger charge is 2.38. The van der Waals surface area contributed by atoms with Crippen LogP contribution in [0, 0.1) is 0 Å². The molecule has 0 unspecified atom stereocenters. The molecule has 1 N–H and O–H groups in total. The van der Waals surface area contributed by atoms with Crippen molar-refractivity contribution in [2.75, 3.05) is 20.3 Å². The monoisotopic (exact) mass is 402 g/mol. The summed E-state index contributed by atoms with van der Waals surface area (Å²) in [5.74, 6) is -2.24. The Morgan fingerprint density at radius 2 is 1.93 bits per heavy atom. The van der Waals surface area contributed by atoms with Gasteiger partial charge in [0.2, 0.25) is 5.82 Å². The largest absolute Gasteiger partial charge is 0.471 e. The van der Waals surface area contributed by atoms with Crippen LogP contribution in [0.5, 0.6) is 0 Å². The summed E-state index contributed by atoms with van der Waals surface area (Å²) < 4.78 is 46.4. The van der Waals surface area contributed by atoms with Crippen molar-refractivity contribution in [1.82, 2.24) is 20.5 Å². The number of carbonyl (C=O) groups excluding carboxylic acids is 2.